The second kappa shape index (κ2) is 4.84. The summed E-state index contributed by atoms with van der Waals surface area (Å²) in [6.45, 7) is 0.731. The molecule has 0 spiro atoms. The van der Waals surface area contributed by atoms with E-state index >= 15 is 0 Å². The van der Waals surface area contributed by atoms with E-state index in [1.165, 1.54) is 0 Å². The molecule has 0 atom stereocenters. The molecule has 0 N–H and O–H groups in total. The van der Waals surface area contributed by atoms with E-state index < -0.39 is 0 Å². The number of rotatable bonds is 2. The smallest absolute Gasteiger partial charge is 0.184 e. The number of ketones is 2. The van der Waals surface area contributed by atoms with Crippen LogP contribution in [0.5, 0.6) is 0 Å². The van der Waals surface area contributed by atoms with Gasteiger partial charge in [0.15, 0.2) is 11.6 Å². The lowest BCUT2D eigenvalue weighted by Gasteiger charge is -2.16. The molecule has 0 fully saturated rings. The summed E-state index contributed by atoms with van der Waals surface area (Å²) in [6, 6.07) is 0. The number of fused-ring (bicyclic) bond motifs is 2. The zero-order chi connectivity index (χ0) is 15.1. The first-order chi connectivity index (χ1) is 10.7. The molecule has 4 rings (SSSR count). The van der Waals surface area contributed by atoms with Crippen molar-refractivity contribution in [3.63, 3.8) is 0 Å². The van der Waals surface area contributed by atoms with Crippen molar-refractivity contribution >= 4 is 11.6 Å². The molecule has 4 aliphatic heterocycles. The number of Topliss-reactive ketones (excluding diaryl/α,β-unsaturated/α-hetero) is 2. The Morgan fingerprint density at radius 3 is 1.64 bits per heavy atom. The van der Waals surface area contributed by atoms with Gasteiger partial charge in [0, 0.05) is 23.5 Å². The van der Waals surface area contributed by atoms with Crippen LogP contribution in [-0.2, 0) is 9.59 Å². The van der Waals surface area contributed by atoms with Crippen molar-refractivity contribution in [2.45, 2.75) is 0 Å². The summed E-state index contributed by atoms with van der Waals surface area (Å²) < 4.78 is 0. The van der Waals surface area contributed by atoms with Gasteiger partial charge in [-0.3, -0.25) is 9.59 Å². The minimum atomic E-state index is 0.0782. The molecule has 4 nitrogen and oxygen atoms in total. The molecule has 0 bridgehead atoms. The van der Waals surface area contributed by atoms with Crippen LogP contribution < -0.4 is 0 Å². The number of carbonyl (C=O) groups is 2. The fourth-order valence-corrected chi connectivity index (χ4v) is 3.01. The van der Waals surface area contributed by atoms with Gasteiger partial charge in [0.2, 0.25) is 0 Å². The summed E-state index contributed by atoms with van der Waals surface area (Å²) in [4.78, 5) is 28.2. The summed E-state index contributed by atoms with van der Waals surface area (Å²) in [7, 11) is 0. The van der Waals surface area contributed by atoms with Gasteiger partial charge in [-0.2, -0.15) is 0 Å². The van der Waals surface area contributed by atoms with Crippen LogP contribution in [0.3, 0.4) is 0 Å². The van der Waals surface area contributed by atoms with E-state index in [-0.39, 0.29) is 11.6 Å². The van der Waals surface area contributed by atoms with Crippen molar-refractivity contribution in [2.75, 3.05) is 13.1 Å². The first-order valence-corrected chi connectivity index (χ1v) is 7.20. The maximum absolute atomic E-state index is 12.2. The van der Waals surface area contributed by atoms with Crippen LogP contribution in [-0.4, -0.2) is 34.5 Å². The van der Waals surface area contributed by atoms with Crippen LogP contribution in [0.4, 0.5) is 0 Å². The van der Waals surface area contributed by atoms with E-state index in [9.17, 15) is 9.59 Å². The van der Waals surface area contributed by atoms with Gasteiger partial charge in [-0.1, -0.05) is 12.2 Å². The van der Waals surface area contributed by atoms with Gasteiger partial charge >= 0.3 is 0 Å². The number of hydrogen-bond donors (Lipinski definition) is 0. The van der Waals surface area contributed by atoms with Crippen LogP contribution in [0, 0.1) is 0 Å². The normalized spacial score (nSPS) is 22.7. The highest BCUT2D eigenvalue weighted by Gasteiger charge is 2.28. The second-order valence-electron chi connectivity index (χ2n) is 5.43. The molecule has 0 saturated carbocycles. The fourth-order valence-electron chi connectivity index (χ4n) is 3.01. The van der Waals surface area contributed by atoms with E-state index in [0.29, 0.717) is 24.2 Å². The highest BCUT2D eigenvalue weighted by molar-refractivity contribution is 6.06. The molecular weight excluding hydrogens is 276 g/mol. The maximum atomic E-state index is 12.2. The average Bonchev–Trinajstić information content (AvgIpc) is 3.01. The quantitative estimate of drug-likeness (QED) is 0.780. The van der Waals surface area contributed by atoms with Crippen molar-refractivity contribution in [3.05, 3.63) is 83.5 Å². The maximum Gasteiger partial charge on any atom is 0.184 e. The van der Waals surface area contributed by atoms with Crippen LogP contribution in [0.1, 0.15) is 0 Å². The summed E-state index contributed by atoms with van der Waals surface area (Å²) in [5.41, 5.74) is 3.12. The first kappa shape index (κ1) is 12.8. The number of carbonyl (C=O) groups excluding carboxylic acids is 2. The number of nitrogens with zero attached hydrogens (tertiary/aromatic N) is 2. The molecule has 4 aliphatic rings. The van der Waals surface area contributed by atoms with Gasteiger partial charge in [-0.05, 0) is 36.5 Å². The topological polar surface area (TPSA) is 40.6 Å². The minimum Gasteiger partial charge on any atom is -0.340 e. The molecule has 0 aromatic rings. The average molecular weight is 290 g/mol. The van der Waals surface area contributed by atoms with Crippen molar-refractivity contribution in [3.8, 4) is 0 Å². The molecule has 0 saturated heterocycles. The van der Waals surface area contributed by atoms with Crippen LogP contribution >= 0.6 is 0 Å². The molecule has 0 unspecified atom stereocenters. The van der Waals surface area contributed by atoms with Crippen LogP contribution in [0.2, 0.25) is 0 Å². The Morgan fingerprint density at radius 2 is 1.18 bits per heavy atom. The third-order valence-electron chi connectivity index (χ3n) is 4.08. The van der Waals surface area contributed by atoms with Crippen LogP contribution in [0.25, 0.3) is 0 Å². The Morgan fingerprint density at radius 1 is 0.727 bits per heavy atom. The Kier molecular flexibility index (Phi) is 2.82. The van der Waals surface area contributed by atoms with Gasteiger partial charge in [-0.15, -0.1) is 0 Å². The lowest BCUT2D eigenvalue weighted by molar-refractivity contribution is -0.115. The standard InChI is InChI=1S/C18H14N2O2/c21-17-11-19-9-3-1-5-15(19)13(17)7-8-14-16-6-2-4-10-20(16)12-18(14)22/h1-10H,11-12H2. The summed E-state index contributed by atoms with van der Waals surface area (Å²) in [5, 5.41) is 0. The van der Waals surface area contributed by atoms with Crippen molar-refractivity contribution in [2.24, 2.45) is 0 Å². The largest absolute Gasteiger partial charge is 0.340 e. The zero-order valence-corrected chi connectivity index (χ0v) is 11.9. The van der Waals surface area contributed by atoms with E-state index in [1.54, 1.807) is 12.2 Å². The third-order valence-corrected chi connectivity index (χ3v) is 4.08. The van der Waals surface area contributed by atoms with E-state index in [2.05, 4.69) is 0 Å². The van der Waals surface area contributed by atoms with Gasteiger partial charge in [0.25, 0.3) is 0 Å². The Hall–Kier alpha value is -2.88. The molecule has 108 valence electrons. The van der Waals surface area contributed by atoms with E-state index in [4.69, 9.17) is 0 Å². The predicted octanol–water partition coefficient (Wildman–Crippen LogP) is 1.99. The Labute approximate surface area is 128 Å². The van der Waals surface area contributed by atoms with E-state index in [1.807, 2.05) is 58.7 Å². The second-order valence-corrected chi connectivity index (χ2v) is 5.43. The number of hydrogen-bond acceptors (Lipinski definition) is 4. The molecule has 0 aromatic carbocycles. The first-order valence-electron chi connectivity index (χ1n) is 7.20. The van der Waals surface area contributed by atoms with Gasteiger partial charge in [0.05, 0.1) is 24.5 Å². The summed E-state index contributed by atoms with van der Waals surface area (Å²) in [6.07, 6.45) is 18.8. The Balaban J connectivity index is 1.70. The van der Waals surface area contributed by atoms with Gasteiger partial charge in [0.1, 0.15) is 0 Å². The Bertz CT molecular complexity index is 722. The van der Waals surface area contributed by atoms with Crippen LogP contribution in [0.15, 0.2) is 83.5 Å². The molecule has 4 heteroatoms. The molecule has 0 aliphatic carbocycles. The predicted molar refractivity (Wildman–Crippen MR) is 83.2 cm³/mol. The van der Waals surface area contributed by atoms with Gasteiger partial charge < -0.3 is 9.80 Å². The summed E-state index contributed by atoms with van der Waals surface area (Å²) >= 11 is 0. The minimum absolute atomic E-state index is 0.0782. The monoisotopic (exact) mass is 290 g/mol. The van der Waals surface area contributed by atoms with Gasteiger partial charge in [-0.25, -0.2) is 0 Å². The molecule has 0 amide bonds. The lowest BCUT2D eigenvalue weighted by atomic mass is 10.1. The van der Waals surface area contributed by atoms with Crippen molar-refractivity contribution in [1.29, 1.82) is 0 Å². The summed E-state index contributed by atoms with van der Waals surface area (Å²) in [5.74, 6) is 0.156. The zero-order valence-electron chi connectivity index (χ0n) is 11.9. The highest BCUT2D eigenvalue weighted by atomic mass is 16.1. The lowest BCUT2D eigenvalue weighted by Crippen LogP contribution is -2.15. The van der Waals surface area contributed by atoms with Crippen molar-refractivity contribution in [1.82, 2.24) is 9.80 Å². The fraction of sp³-hybridized carbons (Fsp3) is 0.111. The van der Waals surface area contributed by atoms with Crippen molar-refractivity contribution < 1.29 is 9.59 Å². The molecule has 0 aromatic heterocycles. The third kappa shape index (κ3) is 1.92. The van der Waals surface area contributed by atoms with E-state index in [0.717, 1.165) is 11.4 Å². The molecule has 0 radical (unpaired) electrons. The number of allylic oxidation sites excluding steroid dienone is 8. The molecular formula is C18H14N2O2. The molecule has 22 heavy (non-hydrogen) atoms. The highest BCUT2D eigenvalue weighted by Crippen LogP contribution is 2.28. The SMILES string of the molecule is O=C1CN2C=CC=CC2=C1C=CC1=C2C=CC=CN2CC1=O. The molecule has 4 heterocycles.